The van der Waals surface area contributed by atoms with Gasteiger partial charge in [-0.05, 0) is 59.2 Å². The van der Waals surface area contributed by atoms with Gasteiger partial charge in [0.2, 0.25) is 0 Å². The van der Waals surface area contributed by atoms with Crippen molar-refractivity contribution in [2.24, 2.45) is 0 Å². The van der Waals surface area contributed by atoms with Gasteiger partial charge >= 0.3 is 0 Å². The molecule has 166 valence electrons. The van der Waals surface area contributed by atoms with E-state index < -0.39 is 0 Å². The molecule has 3 aromatic carbocycles. The molecule has 0 radical (unpaired) electrons. The zero-order valence-corrected chi connectivity index (χ0v) is 18.9. The third-order valence-electron chi connectivity index (χ3n) is 5.25. The number of allylic oxidation sites excluding steroid dienone is 1. The highest BCUT2D eigenvalue weighted by Gasteiger charge is 2.10. The highest BCUT2D eigenvalue weighted by Crippen LogP contribution is 2.26. The molecule has 3 rings (SSSR count). The predicted molar refractivity (Wildman–Crippen MR) is 130 cm³/mol. The first-order valence-corrected chi connectivity index (χ1v) is 10.3. The van der Waals surface area contributed by atoms with Crippen molar-refractivity contribution in [1.29, 1.82) is 0 Å². The normalized spacial score (nSPS) is 10.9. The largest absolute Gasteiger partial charge is 0.497 e. The van der Waals surface area contributed by atoms with Crippen LogP contribution in [0.25, 0.3) is 17.2 Å². The number of halogens is 2. The van der Waals surface area contributed by atoms with Crippen molar-refractivity contribution in [3.8, 4) is 11.1 Å². The average Bonchev–Trinajstić information content (AvgIpc) is 2.78. The molecule has 0 saturated carbocycles. The maximum Gasteiger partial charge on any atom is 0.128 e. The smallest absolute Gasteiger partial charge is 0.128 e. The van der Waals surface area contributed by atoms with Crippen LogP contribution in [0.3, 0.4) is 0 Å². The molecule has 0 amide bonds. The summed E-state index contributed by atoms with van der Waals surface area (Å²) in [4.78, 5) is 3.83. The van der Waals surface area contributed by atoms with E-state index in [1.807, 2.05) is 67.3 Å². The molecule has 0 aliphatic carbocycles. The summed E-state index contributed by atoms with van der Waals surface area (Å²) in [5, 5.41) is 0. The van der Waals surface area contributed by atoms with E-state index >= 15 is 0 Å². The molecular formula is C27H28F2N2O. The molecule has 0 fully saturated rings. The first-order chi connectivity index (χ1) is 15.3. The summed E-state index contributed by atoms with van der Waals surface area (Å²) in [6.07, 6.45) is 3.39. The Morgan fingerprint density at radius 1 is 0.906 bits per heavy atom. The van der Waals surface area contributed by atoms with Crippen molar-refractivity contribution >= 4 is 17.5 Å². The van der Waals surface area contributed by atoms with Crippen LogP contribution in [0.1, 0.15) is 11.1 Å². The van der Waals surface area contributed by atoms with E-state index in [4.69, 9.17) is 4.74 Å². The topological polar surface area (TPSA) is 15.7 Å². The van der Waals surface area contributed by atoms with Gasteiger partial charge < -0.3 is 14.5 Å². The SMILES string of the molecule is C=C(/C=C/c1cc(F)cc(N(C)Cc2ccc(-c3ccc(N(C)C)cc3)cc2F)c1)OC. The fourth-order valence-corrected chi connectivity index (χ4v) is 3.32. The van der Waals surface area contributed by atoms with Crippen LogP contribution < -0.4 is 9.80 Å². The van der Waals surface area contributed by atoms with Crippen LogP contribution in [0, 0.1) is 11.6 Å². The molecule has 0 heterocycles. The molecule has 3 nitrogen and oxygen atoms in total. The Hall–Kier alpha value is -3.60. The predicted octanol–water partition coefficient (Wildman–Crippen LogP) is 6.51. The van der Waals surface area contributed by atoms with Crippen LogP contribution >= 0.6 is 0 Å². The van der Waals surface area contributed by atoms with Gasteiger partial charge in [-0.1, -0.05) is 36.9 Å². The van der Waals surface area contributed by atoms with Gasteiger partial charge in [0.25, 0.3) is 0 Å². The molecule has 0 atom stereocenters. The van der Waals surface area contributed by atoms with E-state index in [0.29, 0.717) is 29.1 Å². The zero-order chi connectivity index (χ0) is 23.3. The molecule has 0 bridgehead atoms. The number of hydrogen-bond donors (Lipinski definition) is 0. The van der Waals surface area contributed by atoms with Crippen molar-refractivity contribution < 1.29 is 13.5 Å². The van der Waals surface area contributed by atoms with Crippen LogP contribution in [0.5, 0.6) is 0 Å². The number of rotatable bonds is 8. The van der Waals surface area contributed by atoms with E-state index in [1.54, 1.807) is 24.3 Å². The minimum Gasteiger partial charge on any atom is -0.497 e. The second kappa shape index (κ2) is 10.1. The maximum absolute atomic E-state index is 14.9. The van der Waals surface area contributed by atoms with Crippen molar-refractivity contribution in [1.82, 2.24) is 0 Å². The van der Waals surface area contributed by atoms with Gasteiger partial charge in [0, 0.05) is 44.6 Å². The minimum absolute atomic E-state index is 0.293. The lowest BCUT2D eigenvalue weighted by Gasteiger charge is -2.21. The molecule has 0 aliphatic rings. The highest BCUT2D eigenvalue weighted by atomic mass is 19.1. The molecule has 5 heteroatoms. The van der Waals surface area contributed by atoms with E-state index in [1.165, 1.54) is 19.2 Å². The molecule has 3 aromatic rings. The van der Waals surface area contributed by atoms with E-state index in [2.05, 4.69) is 6.58 Å². The van der Waals surface area contributed by atoms with Crippen molar-refractivity contribution in [3.63, 3.8) is 0 Å². The lowest BCUT2D eigenvalue weighted by molar-refractivity contribution is 0.309. The first-order valence-electron chi connectivity index (χ1n) is 10.3. The molecule has 0 aromatic heterocycles. The summed E-state index contributed by atoms with van der Waals surface area (Å²) in [6.45, 7) is 4.03. The number of nitrogens with zero attached hydrogens (tertiary/aromatic N) is 2. The molecule has 0 saturated heterocycles. The monoisotopic (exact) mass is 434 g/mol. The fraction of sp³-hybridized carbons (Fsp3) is 0.185. The first kappa shape index (κ1) is 23.1. The molecule has 32 heavy (non-hydrogen) atoms. The summed E-state index contributed by atoms with van der Waals surface area (Å²) >= 11 is 0. The fourth-order valence-electron chi connectivity index (χ4n) is 3.32. The molecule has 0 unspecified atom stereocenters. The third-order valence-corrected chi connectivity index (χ3v) is 5.25. The van der Waals surface area contributed by atoms with Crippen molar-refractivity contribution in [2.75, 3.05) is 38.1 Å². The standard InChI is InChI=1S/C27H28F2N2O/c1-19(32-5)6-7-20-14-24(28)17-26(15-20)31(4)18-23-9-8-22(16-27(23)29)21-10-12-25(13-11-21)30(2)3/h6-17H,1,18H2,2-5H3/b7-6+. The quantitative estimate of drug-likeness (QED) is 0.297. The summed E-state index contributed by atoms with van der Waals surface area (Å²) in [5.41, 5.74) is 4.71. The minimum atomic E-state index is -0.367. The Bertz CT molecular complexity index is 1120. The van der Waals surface area contributed by atoms with Crippen LogP contribution in [-0.4, -0.2) is 28.3 Å². The van der Waals surface area contributed by atoms with Crippen molar-refractivity contribution in [2.45, 2.75) is 6.54 Å². The summed E-state index contributed by atoms with van der Waals surface area (Å²) in [5.74, 6) is -0.185. The summed E-state index contributed by atoms with van der Waals surface area (Å²) in [6, 6.07) is 17.9. The highest BCUT2D eigenvalue weighted by molar-refractivity contribution is 5.67. The zero-order valence-electron chi connectivity index (χ0n) is 18.9. The van der Waals surface area contributed by atoms with Crippen LogP contribution in [-0.2, 0) is 11.3 Å². The van der Waals surface area contributed by atoms with Gasteiger partial charge in [-0.25, -0.2) is 8.78 Å². The van der Waals surface area contributed by atoms with E-state index in [0.717, 1.165) is 16.8 Å². The van der Waals surface area contributed by atoms with Gasteiger partial charge in [0.05, 0.1) is 7.11 Å². The number of benzene rings is 3. The van der Waals surface area contributed by atoms with Crippen LogP contribution in [0.4, 0.5) is 20.2 Å². The van der Waals surface area contributed by atoms with Gasteiger partial charge in [-0.2, -0.15) is 0 Å². The Morgan fingerprint density at radius 2 is 1.59 bits per heavy atom. The van der Waals surface area contributed by atoms with E-state index in [-0.39, 0.29) is 11.6 Å². The van der Waals surface area contributed by atoms with Crippen LogP contribution in [0.15, 0.2) is 79.1 Å². The lowest BCUT2D eigenvalue weighted by atomic mass is 10.0. The number of ether oxygens (including phenoxy) is 1. The maximum atomic E-state index is 14.9. The Morgan fingerprint density at radius 3 is 2.22 bits per heavy atom. The molecular weight excluding hydrogens is 406 g/mol. The third kappa shape index (κ3) is 5.76. The van der Waals surface area contributed by atoms with Gasteiger partial charge in [0.15, 0.2) is 0 Å². The Labute approximate surface area is 188 Å². The van der Waals surface area contributed by atoms with Gasteiger partial charge in [0.1, 0.15) is 17.4 Å². The van der Waals surface area contributed by atoms with Gasteiger partial charge in [-0.3, -0.25) is 0 Å². The average molecular weight is 435 g/mol. The Kier molecular flexibility index (Phi) is 7.31. The summed E-state index contributed by atoms with van der Waals surface area (Å²) in [7, 11) is 7.29. The van der Waals surface area contributed by atoms with Gasteiger partial charge in [-0.15, -0.1) is 0 Å². The lowest BCUT2D eigenvalue weighted by Crippen LogP contribution is -2.17. The second-order valence-electron chi connectivity index (χ2n) is 7.85. The summed E-state index contributed by atoms with van der Waals surface area (Å²) < 4.78 is 34.0. The van der Waals surface area contributed by atoms with Crippen molar-refractivity contribution in [3.05, 3.63) is 102 Å². The molecule has 0 aliphatic heterocycles. The number of methoxy groups -OCH3 is 1. The molecule has 0 spiro atoms. The Balaban J connectivity index is 1.78. The number of hydrogen-bond acceptors (Lipinski definition) is 3. The second-order valence-corrected chi connectivity index (χ2v) is 7.85. The van der Waals surface area contributed by atoms with E-state index in [9.17, 15) is 8.78 Å². The van der Waals surface area contributed by atoms with Crippen LogP contribution in [0.2, 0.25) is 0 Å². The number of anilines is 2. The molecule has 0 N–H and O–H groups in total.